The minimum atomic E-state index is -0.337. The summed E-state index contributed by atoms with van der Waals surface area (Å²) in [6, 6.07) is 7.53. The molecule has 25 heavy (non-hydrogen) atoms. The predicted molar refractivity (Wildman–Crippen MR) is 92.8 cm³/mol. The van der Waals surface area contributed by atoms with Crippen molar-refractivity contribution in [2.75, 3.05) is 6.54 Å². The Bertz CT molecular complexity index is 1150. The molecule has 0 atom stereocenters. The molecule has 126 valence electrons. The van der Waals surface area contributed by atoms with Gasteiger partial charge in [-0.25, -0.2) is 18.9 Å². The van der Waals surface area contributed by atoms with Gasteiger partial charge in [0.2, 0.25) is 0 Å². The number of hydrogen-bond donors (Lipinski definition) is 2. The summed E-state index contributed by atoms with van der Waals surface area (Å²) in [6.45, 7) is 0.0602. The molecule has 0 aliphatic heterocycles. The largest absolute Gasteiger partial charge is 0.350 e. The molecule has 0 bridgehead atoms. The quantitative estimate of drug-likeness (QED) is 0.594. The second kappa shape index (κ2) is 5.99. The van der Waals surface area contributed by atoms with Crippen LogP contribution in [0.25, 0.3) is 27.8 Å². The van der Waals surface area contributed by atoms with Crippen molar-refractivity contribution >= 4 is 16.7 Å². The summed E-state index contributed by atoms with van der Waals surface area (Å²) in [5, 5.41) is 5.27. The predicted octanol–water partition coefficient (Wildman–Crippen LogP) is 1.85. The third-order valence-electron chi connectivity index (χ3n) is 4.13. The highest BCUT2D eigenvalue weighted by molar-refractivity contribution is 5.93. The first-order valence-electron chi connectivity index (χ1n) is 7.71. The van der Waals surface area contributed by atoms with Crippen LogP contribution in [0.5, 0.6) is 0 Å². The molecule has 4 rings (SSSR count). The van der Waals surface area contributed by atoms with Crippen LogP contribution in [-0.2, 0) is 6.54 Å². The van der Waals surface area contributed by atoms with E-state index in [1.54, 1.807) is 12.4 Å². The van der Waals surface area contributed by atoms with Gasteiger partial charge >= 0.3 is 5.69 Å². The second-order valence-corrected chi connectivity index (χ2v) is 5.65. The van der Waals surface area contributed by atoms with Gasteiger partial charge in [-0.05, 0) is 41.0 Å². The van der Waals surface area contributed by atoms with Crippen LogP contribution < -0.4 is 11.4 Å². The van der Waals surface area contributed by atoms with Crippen molar-refractivity contribution in [1.82, 2.24) is 24.1 Å². The molecule has 0 radical (unpaired) electrons. The van der Waals surface area contributed by atoms with Gasteiger partial charge in [0.15, 0.2) is 5.65 Å². The molecular weight excluding hydrogens is 323 g/mol. The molecule has 0 saturated carbocycles. The molecule has 0 amide bonds. The topological polar surface area (TPSA) is 94.0 Å². The van der Waals surface area contributed by atoms with E-state index < -0.39 is 0 Å². The van der Waals surface area contributed by atoms with Crippen molar-refractivity contribution in [3.05, 3.63) is 65.2 Å². The number of halogens is 1. The molecule has 0 aliphatic carbocycles. The van der Waals surface area contributed by atoms with E-state index >= 15 is 0 Å². The van der Waals surface area contributed by atoms with Gasteiger partial charge in [0.25, 0.3) is 0 Å². The fraction of sp³-hybridized carbons (Fsp3) is 0.118. The average molecular weight is 338 g/mol. The number of H-pyrrole nitrogens is 1. The lowest BCUT2D eigenvalue weighted by atomic mass is 10.1. The highest BCUT2D eigenvalue weighted by atomic mass is 19.1. The van der Waals surface area contributed by atoms with Gasteiger partial charge in [-0.15, -0.1) is 5.10 Å². The molecule has 0 fully saturated rings. The highest BCUT2D eigenvalue weighted by Crippen LogP contribution is 2.27. The molecule has 0 aromatic carbocycles. The molecule has 4 heterocycles. The van der Waals surface area contributed by atoms with Crippen LogP contribution in [0.15, 0.2) is 59.6 Å². The molecule has 4 aromatic heterocycles. The standard InChI is InChI=1S/C17H15FN6O/c18-8-11(9-19)10-24-17(25)23-6-3-12(7-15(23)22-24)13-1-4-20-16-14(13)2-5-21-16/h1-8H,9-10,19H2,(H,20,21)/b11-8+. The molecule has 4 aromatic rings. The maximum absolute atomic E-state index is 12.7. The normalized spacial score (nSPS) is 12.3. The Hall–Kier alpha value is -3.26. The summed E-state index contributed by atoms with van der Waals surface area (Å²) < 4.78 is 15.4. The van der Waals surface area contributed by atoms with Crippen molar-refractivity contribution in [3.8, 4) is 11.1 Å². The smallest absolute Gasteiger partial charge is 0.346 e. The molecule has 0 spiro atoms. The fourth-order valence-electron chi connectivity index (χ4n) is 2.84. The molecule has 8 heteroatoms. The van der Waals surface area contributed by atoms with Gasteiger partial charge < -0.3 is 10.7 Å². The Morgan fingerprint density at radius 1 is 1.36 bits per heavy atom. The van der Waals surface area contributed by atoms with Gasteiger partial charge in [0, 0.05) is 30.5 Å². The van der Waals surface area contributed by atoms with Crippen molar-refractivity contribution in [1.29, 1.82) is 0 Å². The Kier molecular flexibility index (Phi) is 3.66. The molecule has 3 N–H and O–H groups in total. The van der Waals surface area contributed by atoms with Crippen molar-refractivity contribution in [2.45, 2.75) is 6.54 Å². The Morgan fingerprint density at radius 3 is 3.04 bits per heavy atom. The van der Waals surface area contributed by atoms with E-state index in [4.69, 9.17) is 5.73 Å². The third kappa shape index (κ3) is 2.52. The summed E-state index contributed by atoms with van der Waals surface area (Å²) in [7, 11) is 0. The van der Waals surface area contributed by atoms with Gasteiger partial charge in [-0.3, -0.25) is 4.40 Å². The number of nitrogens with one attached hydrogen (secondary N) is 1. The van der Waals surface area contributed by atoms with Crippen LogP contribution in [0.4, 0.5) is 4.39 Å². The summed E-state index contributed by atoms with van der Waals surface area (Å²) in [4.78, 5) is 19.7. The zero-order chi connectivity index (χ0) is 17.4. The second-order valence-electron chi connectivity index (χ2n) is 5.65. The molecule has 7 nitrogen and oxygen atoms in total. The molecule has 0 unspecified atom stereocenters. The molecular formula is C17H15FN6O. The zero-order valence-corrected chi connectivity index (χ0v) is 13.2. The van der Waals surface area contributed by atoms with E-state index in [0.29, 0.717) is 17.6 Å². The van der Waals surface area contributed by atoms with Crippen LogP contribution in [0.2, 0.25) is 0 Å². The van der Waals surface area contributed by atoms with Crippen LogP contribution >= 0.6 is 0 Å². The minimum absolute atomic E-state index is 0.0279. The van der Waals surface area contributed by atoms with E-state index in [1.807, 2.05) is 30.5 Å². The minimum Gasteiger partial charge on any atom is -0.346 e. The number of hydrogen-bond acceptors (Lipinski definition) is 4. The first-order valence-corrected chi connectivity index (χ1v) is 7.71. The summed E-state index contributed by atoms with van der Waals surface area (Å²) >= 11 is 0. The van der Waals surface area contributed by atoms with Crippen molar-refractivity contribution in [3.63, 3.8) is 0 Å². The third-order valence-corrected chi connectivity index (χ3v) is 4.13. The number of nitrogens with zero attached hydrogens (tertiary/aromatic N) is 4. The first-order chi connectivity index (χ1) is 12.2. The number of fused-ring (bicyclic) bond motifs is 2. The van der Waals surface area contributed by atoms with Crippen LogP contribution in [-0.4, -0.2) is 30.7 Å². The lowest BCUT2D eigenvalue weighted by Crippen LogP contribution is -2.23. The lowest BCUT2D eigenvalue weighted by Gasteiger charge is -2.03. The number of rotatable bonds is 4. The van der Waals surface area contributed by atoms with E-state index in [9.17, 15) is 9.18 Å². The summed E-state index contributed by atoms with van der Waals surface area (Å²) in [5.74, 6) is 0. The van der Waals surface area contributed by atoms with Gasteiger partial charge in [-0.2, -0.15) is 0 Å². The Balaban J connectivity index is 1.83. The maximum atomic E-state index is 12.7. The van der Waals surface area contributed by atoms with Crippen LogP contribution in [0, 0.1) is 0 Å². The highest BCUT2D eigenvalue weighted by Gasteiger charge is 2.11. The number of pyridine rings is 2. The van der Waals surface area contributed by atoms with Crippen molar-refractivity contribution < 1.29 is 4.39 Å². The summed E-state index contributed by atoms with van der Waals surface area (Å²) in [6.07, 6.45) is 5.64. The zero-order valence-electron chi connectivity index (χ0n) is 13.2. The van der Waals surface area contributed by atoms with Crippen LogP contribution in [0.1, 0.15) is 0 Å². The number of aromatic nitrogens is 5. The first kappa shape index (κ1) is 15.3. The fourth-order valence-corrected chi connectivity index (χ4v) is 2.84. The lowest BCUT2D eigenvalue weighted by molar-refractivity contribution is 0.616. The summed E-state index contributed by atoms with van der Waals surface area (Å²) in [5.41, 5.74) is 8.59. The SMILES string of the molecule is NC/C(=C\F)Cn1nc2cc(-c3ccnc4[nH]ccc34)ccn2c1=O. The van der Waals surface area contributed by atoms with Crippen LogP contribution in [0.3, 0.4) is 0 Å². The van der Waals surface area contributed by atoms with E-state index in [-0.39, 0.29) is 18.8 Å². The maximum Gasteiger partial charge on any atom is 0.350 e. The Labute approximate surface area is 141 Å². The average Bonchev–Trinajstić information content (AvgIpc) is 3.24. The van der Waals surface area contributed by atoms with E-state index in [0.717, 1.165) is 22.2 Å². The van der Waals surface area contributed by atoms with E-state index in [1.165, 1.54) is 9.08 Å². The van der Waals surface area contributed by atoms with Crippen molar-refractivity contribution in [2.24, 2.45) is 5.73 Å². The Morgan fingerprint density at radius 2 is 2.24 bits per heavy atom. The monoisotopic (exact) mass is 338 g/mol. The van der Waals surface area contributed by atoms with Gasteiger partial charge in [0.1, 0.15) is 5.65 Å². The van der Waals surface area contributed by atoms with Gasteiger partial charge in [0.05, 0.1) is 12.9 Å². The molecule has 0 saturated heterocycles. The van der Waals surface area contributed by atoms with E-state index in [2.05, 4.69) is 15.1 Å². The van der Waals surface area contributed by atoms with Gasteiger partial charge in [-0.1, -0.05) is 0 Å². The number of aromatic amines is 1. The number of nitrogens with two attached hydrogens (primary N) is 1. The molecule has 0 aliphatic rings.